The van der Waals surface area contributed by atoms with Crippen molar-refractivity contribution in [1.82, 2.24) is 10.3 Å². The second-order valence-electron chi connectivity index (χ2n) is 5.77. The number of ether oxygens (including phenoxy) is 2. The number of nitrogens with zero attached hydrogens (tertiary/aromatic N) is 1. The molecule has 0 unspecified atom stereocenters. The molecule has 0 saturated carbocycles. The van der Waals surface area contributed by atoms with E-state index in [1.54, 1.807) is 18.2 Å². The Morgan fingerprint density at radius 2 is 2.00 bits per heavy atom. The van der Waals surface area contributed by atoms with E-state index in [0.717, 1.165) is 0 Å². The summed E-state index contributed by atoms with van der Waals surface area (Å²) in [5, 5.41) is 3.73. The van der Waals surface area contributed by atoms with Crippen molar-refractivity contribution in [2.75, 3.05) is 18.9 Å². The van der Waals surface area contributed by atoms with Crippen LogP contribution in [0, 0.1) is 0 Å². The molecule has 1 heterocycles. The lowest BCUT2D eigenvalue weighted by molar-refractivity contribution is 0.0746. The minimum atomic E-state index is -0.287. The predicted molar refractivity (Wildman–Crippen MR) is 103 cm³/mol. The molecule has 0 spiro atoms. The molecule has 2 aromatic rings. The van der Waals surface area contributed by atoms with E-state index in [4.69, 9.17) is 38.4 Å². The van der Waals surface area contributed by atoms with Gasteiger partial charge in [-0.05, 0) is 32.0 Å². The van der Waals surface area contributed by atoms with Crippen LogP contribution in [0.15, 0.2) is 30.5 Å². The lowest BCUT2D eigenvalue weighted by Gasteiger charge is -2.12. The summed E-state index contributed by atoms with van der Waals surface area (Å²) < 4.78 is 11.1. The Morgan fingerprint density at radius 1 is 1.31 bits per heavy atom. The summed E-state index contributed by atoms with van der Waals surface area (Å²) in [5.41, 5.74) is 6.80. The topological polar surface area (TPSA) is 86.5 Å². The smallest absolute Gasteiger partial charge is 0.253 e. The third-order valence-electron chi connectivity index (χ3n) is 3.42. The van der Waals surface area contributed by atoms with Crippen LogP contribution in [0.4, 0.5) is 5.82 Å². The van der Waals surface area contributed by atoms with Gasteiger partial charge in [-0.15, -0.1) is 0 Å². The van der Waals surface area contributed by atoms with Crippen LogP contribution in [0.2, 0.25) is 10.0 Å². The van der Waals surface area contributed by atoms with Gasteiger partial charge in [0.25, 0.3) is 5.91 Å². The molecule has 0 aliphatic rings. The number of nitrogens with two attached hydrogens (primary N) is 1. The Bertz CT molecular complexity index is 749. The van der Waals surface area contributed by atoms with Crippen LogP contribution in [0.1, 0.15) is 29.8 Å². The Balaban J connectivity index is 2.01. The van der Waals surface area contributed by atoms with Crippen molar-refractivity contribution in [3.05, 3.63) is 51.6 Å². The zero-order valence-electron chi connectivity index (χ0n) is 14.6. The summed E-state index contributed by atoms with van der Waals surface area (Å²) in [6, 6.07) is 6.72. The molecule has 1 aromatic carbocycles. The second-order valence-corrected chi connectivity index (χ2v) is 6.59. The quantitative estimate of drug-likeness (QED) is 0.663. The average molecular weight is 398 g/mol. The lowest BCUT2D eigenvalue weighted by Crippen LogP contribution is -2.28. The normalized spacial score (nSPS) is 10.8. The average Bonchev–Trinajstić information content (AvgIpc) is 2.59. The van der Waals surface area contributed by atoms with Crippen LogP contribution in [0.25, 0.3) is 0 Å². The monoisotopic (exact) mass is 397 g/mol. The van der Waals surface area contributed by atoms with Gasteiger partial charge in [-0.25, -0.2) is 4.98 Å². The van der Waals surface area contributed by atoms with Gasteiger partial charge in [0.1, 0.15) is 6.61 Å². The summed E-state index contributed by atoms with van der Waals surface area (Å²) in [7, 11) is 0. The van der Waals surface area contributed by atoms with E-state index >= 15 is 0 Å². The standard InChI is InChI=1S/C18H21Cl2N3O3/c1-11(2)25-7-6-22-18(24)12-8-16(17(21)23-9-12)26-10-13-14(19)4-3-5-15(13)20/h3-5,8-9,11H,6-7,10H2,1-2H3,(H2,21,23)(H,22,24). The molecule has 0 bridgehead atoms. The third-order valence-corrected chi connectivity index (χ3v) is 4.12. The molecule has 0 atom stereocenters. The molecule has 0 aliphatic carbocycles. The first kappa shape index (κ1) is 20.3. The molecular weight excluding hydrogens is 377 g/mol. The Morgan fingerprint density at radius 3 is 2.65 bits per heavy atom. The SMILES string of the molecule is CC(C)OCCNC(=O)c1cnc(N)c(OCc2c(Cl)cccc2Cl)c1. The molecule has 26 heavy (non-hydrogen) atoms. The fourth-order valence-corrected chi connectivity index (χ4v) is 2.58. The lowest BCUT2D eigenvalue weighted by atomic mass is 10.2. The maximum Gasteiger partial charge on any atom is 0.253 e. The van der Waals surface area contributed by atoms with Gasteiger partial charge in [0.05, 0.1) is 18.3 Å². The largest absolute Gasteiger partial charge is 0.485 e. The van der Waals surface area contributed by atoms with Crippen molar-refractivity contribution >= 4 is 34.9 Å². The number of carbonyl (C=O) groups excluding carboxylic acids is 1. The van der Waals surface area contributed by atoms with Gasteiger partial charge in [-0.3, -0.25) is 4.79 Å². The maximum atomic E-state index is 12.2. The minimum absolute atomic E-state index is 0.109. The van der Waals surface area contributed by atoms with E-state index in [9.17, 15) is 4.79 Å². The van der Waals surface area contributed by atoms with Crippen molar-refractivity contribution in [2.45, 2.75) is 26.6 Å². The first-order valence-electron chi connectivity index (χ1n) is 8.09. The first-order valence-corrected chi connectivity index (χ1v) is 8.85. The van der Waals surface area contributed by atoms with Crippen molar-refractivity contribution in [3.63, 3.8) is 0 Å². The molecule has 2 rings (SSSR count). The molecule has 0 saturated heterocycles. The van der Waals surface area contributed by atoms with E-state index in [1.807, 2.05) is 13.8 Å². The number of nitrogens with one attached hydrogen (secondary N) is 1. The van der Waals surface area contributed by atoms with Crippen LogP contribution < -0.4 is 15.8 Å². The van der Waals surface area contributed by atoms with Crippen LogP contribution in [0.5, 0.6) is 5.75 Å². The molecule has 140 valence electrons. The Labute approximate surface area is 162 Å². The molecule has 6 nitrogen and oxygen atoms in total. The maximum absolute atomic E-state index is 12.2. The molecule has 0 radical (unpaired) electrons. The highest BCUT2D eigenvalue weighted by Crippen LogP contribution is 2.27. The summed E-state index contributed by atoms with van der Waals surface area (Å²) in [6.07, 6.45) is 1.50. The van der Waals surface area contributed by atoms with Crippen LogP contribution in [-0.2, 0) is 11.3 Å². The molecule has 3 N–H and O–H groups in total. The number of rotatable bonds is 8. The number of anilines is 1. The molecule has 8 heteroatoms. The number of nitrogen functional groups attached to an aromatic ring is 1. The van der Waals surface area contributed by atoms with E-state index in [1.165, 1.54) is 12.3 Å². The van der Waals surface area contributed by atoms with E-state index in [2.05, 4.69) is 10.3 Å². The zero-order chi connectivity index (χ0) is 19.1. The van der Waals surface area contributed by atoms with Gasteiger partial charge in [0.2, 0.25) is 0 Å². The summed E-state index contributed by atoms with van der Waals surface area (Å²) in [4.78, 5) is 16.2. The van der Waals surface area contributed by atoms with Gasteiger partial charge in [-0.1, -0.05) is 29.3 Å². The van der Waals surface area contributed by atoms with E-state index in [-0.39, 0.29) is 30.2 Å². The number of amides is 1. The van der Waals surface area contributed by atoms with Crippen molar-refractivity contribution < 1.29 is 14.3 Å². The highest BCUT2D eigenvalue weighted by molar-refractivity contribution is 6.35. The highest BCUT2D eigenvalue weighted by Gasteiger charge is 2.12. The van der Waals surface area contributed by atoms with E-state index in [0.29, 0.717) is 34.3 Å². The van der Waals surface area contributed by atoms with Gasteiger partial charge >= 0.3 is 0 Å². The number of hydrogen-bond donors (Lipinski definition) is 2. The van der Waals surface area contributed by atoms with Crippen LogP contribution in [-0.4, -0.2) is 30.1 Å². The fraction of sp³-hybridized carbons (Fsp3) is 0.333. The van der Waals surface area contributed by atoms with E-state index < -0.39 is 0 Å². The Hall–Kier alpha value is -2.02. The number of aromatic nitrogens is 1. The first-order chi connectivity index (χ1) is 12.4. The van der Waals surface area contributed by atoms with Crippen molar-refractivity contribution in [1.29, 1.82) is 0 Å². The van der Waals surface area contributed by atoms with Crippen molar-refractivity contribution in [3.8, 4) is 5.75 Å². The molecule has 1 aromatic heterocycles. The summed E-state index contributed by atoms with van der Waals surface area (Å²) in [6.45, 7) is 4.80. The van der Waals surface area contributed by atoms with Gasteiger partial charge in [-0.2, -0.15) is 0 Å². The molecular formula is C18H21Cl2N3O3. The predicted octanol–water partition coefficient (Wildman–Crippen LogP) is 3.70. The molecule has 0 fully saturated rings. The van der Waals surface area contributed by atoms with Gasteiger partial charge in [0, 0.05) is 28.4 Å². The second kappa shape index (κ2) is 9.62. The zero-order valence-corrected chi connectivity index (χ0v) is 16.1. The van der Waals surface area contributed by atoms with Crippen LogP contribution >= 0.6 is 23.2 Å². The minimum Gasteiger partial charge on any atom is -0.485 e. The summed E-state index contributed by atoms with van der Waals surface area (Å²) >= 11 is 12.2. The number of benzene rings is 1. The highest BCUT2D eigenvalue weighted by atomic mass is 35.5. The van der Waals surface area contributed by atoms with Crippen molar-refractivity contribution in [2.24, 2.45) is 0 Å². The summed E-state index contributed by atoms with van der Waals surface area (Å²) in [5.74, 6) is 0.172. The number of halogens is 2. The molecule has 0 aliphatic heterocycles. The number of carbonyl (C=O) groups is 1. The van der Waals surface area contributed by atoms with Gasteiger partial charge < -0.3 is 20.5 Å². The van der Waals surface area contributed by atoms with Crippen LogP contribution in [0.3, 0.4) is 0 Å². The fourth-order valence-electron chi connectivity index (χ4n) is 2.08. The Kier molecular flexibility index (Phi) is 7.50. The number of pyridine rings is 1. The third kappa shape index (κ3) is 5.76. The number of hydrogen-bond acceptors (Lipinski definition) is 5. The van der Waals surface area contributed by atoms with Gasteiger partial charge in [0.15, 0.2) is 11.6 Å². The molecule has 1 amide bonds.